The van der Waals surface area contributed by atoms with Crippen molar-refractivity contribution in [2.75, 3.05) is 13.1 Å². The third-order valence-electron chi connectivity index (χ3n) is 3.99. The van der Waals surface area contributed by atoms with Gasteiger partial charge in [-0.2, -0.15) is 4.31 Å². The molecular weight excluding hydrogens is 358 g/mol. The van der Waals surface area contributed by atoms with Crippen LogP contribution in [0.2, 0.25) is 0 Å². The van der Waals surface area contributed by atoms with Crippen LogP contribution in [0.1, 0.15) is 19.8 Å². The second-order valence-corrected chi connectivity index (χ2v) is 7.64. The normalized spacial score (nSPS) is 17.9. The Kier molecular flexibility index (Phi) is 5.73. The number of nitrogens with two attached hydrogens (primary N) is 1. The second kappa shape index (κ2) is 7.44. The number of sulfonamides is 1. The summed E-state index contributed by atoms with van der Waals surface area (Å²) in [4.78, 5) is 22.1. The van der Waals surface area contributed by atoms with E-state index in [1.54, 1.807) is 0 Å². The van der Waals surface area contributed by atoms with Gasteiger partial charge in [0.2, 0.25) is 10.0 Å². The lowest BCUT2D eigenvalue weighted by molar-refractivity contribution is -0.159. The molecule has 1 aliphatic rings. The molecule has 1 aliphatic heterocycles. The van der Waals surface area contributed by atoms with Gasteiger partial charge in [-0.15, -0.1) is 0 Å². The fourth-order valence-corrected chi connectivity index (χ4v) is 4.02. The van der Waals surface area contributed by atoms with Crippen LogP contribution in [0.25, 0.3) is 0 Å². The molecule has 1 saturated heterocycles. The van der Waals surface area contributed by atoms with Gasteiger partial charge >= 0.3 is 5.97 Å². The highest BCUT2D eigenvalue weighted by Gasteiger charge is 2.35. The Bertz CT molecular complexity index is 776. The number of benzene rings is 1. The number of amides is 1. The minimum absolute atomic E-state index is 0.0526. The van der Waals surface area contributed by atoms with Gasteiger partial charge in [-0.1, -0.05) is 0 Å². The van der Waals surface area contributed by atoms with Crippen molar-refractivity contribution in [3.63, 3.8) is 0 Å². The Morgan fingerprint density at radius 2 is 1.88 bits per heavy atom. The zero-order chi connectivity index (χ0) is 18.8. The monoisotopic (exact) mass is 376 g/mol. The van der Waals surface area contributed by atoms with Gasteiger partial charge in [0, 0.05) is 13.1 Å². The molecule has 25 heavy (non-hydrogen) atoms. The zero-order valence-corrected chi connectivity index (χ0v) is 14.3. The van der Waals surface area contributed by atoms with Crippen molar-refractivity contribution in [3.8, 4) is 0 Å². The number of carbonyl (C=O) groups excluding carboxylic acids is 2. The first-order chi connectivity index (χ1) is 11.6. The molecule has 0 bridgehead atoms. The van der Waals surface area contributed by atoms with E-state index >= 15 is 0 Å². The smallest absolute Gasteiger partial charge is 0.309 e. The molecule has 0 radical (unpaired) electrons. The standard InChI is InChI=1S/C15H18F2N2O5S/c1-9(14(18)20)24-15(21)10-4-6-19(7-5-10)25(22,23)13-8-11(16)2-3-12(13)17/h2-3,8-10H,4-7H2,1H3,(H2,18,20). The summed E-state index contributed by atoms with van der Waals surface area (Å²) in [5.74, 6) is -3.92. The highest BCUT2D eigenvalue weighted by Crippen LogP contribution is 2.26. The predicted octanol–water partition coefficient (Wildman–Crippen LogP) is 0.782. The number of ether oxygens (including phenoxy) is 1. The summed E-state index contributed by atoms with van der Waals surface area (Å²) < 4.78 is 57.8. The summed E-state index contributed by atoms with van der Waals surface area (Å²) in [6, 6.07) is 2.20. The molecule has 0 spiro atoms. The topological polar surface area (TPSA) is 107 Å². The lowest BCUT2D eigenvalue weighted by Crippen LogP contribution is -2.42. The third kappa shape index (κ3) is 4.31. The van der Waals surface area contributed by atoms with E-state index in [-0.39, 0.29) is 25.9 Å². The van der Waals surface area contributed by atoms with Gasteiger partial charge < -0.3 is 10.5 Å². The summed E-state index contributed by atoms with van der Waals surface area (Å²) in [5, 5.41) is 0. The van der Waals surface area contributed by atoms with Crippen LogP contribution in [-0.4, -0.2) is 43.8 Å². The predicted molar refractivity (Wildman–Crippen MR) is 82.6 cm³/mol. The SMILES string of the molecule is CC(OC(=O)C1CCN(S(=O)(=O)c2cc(F)ccc2F)CC1)C(N)=O. The number of esters is 1. The summed E-state index contributed by atoms with van der Waals surface area (Å²) in [6.07, 6.45) is -0.795. The third-order valence-corrected chi connectivity index (χ3v) is 5.91. The van der Waals surface area contributed by atoms with E-state index in [1.165, 1.54) is 6.92 Å². The Balaban J connectivity index is 2.05. The Hall–Kier alpha value is -2.07. The van der Waals surface area contributed by atoms with Crippen molar-refractivity contribution in [1.82, 2.24) is 4.31 Å². The maximum absolute atomic E-state index is 13.8. The minimum atomic E-state index is -4.21. The number of carbonyl (C=O) groups is 2. The maximum atomic E-state index is 13.8. The van der Waals surface area contributed by atoms with E-state index in [4.69, 9.17) is 10.5 Å². The molecule has 138 valence electrons. The van der Waals surface area contributed by atoms with Crippen molar-refractivity contribution >= 4 is 21.9 Å². The summed E-state index contributed by atoms with van der Waals surface area (Å²) in [7, 11) is -4.21. The lowest BCUT2D eigenvalue weighted by atomic mass is 9.98. The Morgan fingerprint density at radius 1 is 1.28 bits per heavy atom. The molecule has 1 heterocycles. The first-order valence-electron chi connectivity index (χ1n) is 7.58. The van der Waals surface area contributed by atoms with E-state index in [0.717, 1.165) is 16.4 Å². The molecule has 0 aromatic heterocycles. The molecule has 1 atom stereocenters. The van der Waals surface area contributed by atoms with E-state index in [0.29, 0.717) is 6.07 Å². The molecule has 1 unspecified atom stereocenters. The van der Waals surface area contributed by atoms with Gasteiger partial charge in [0.1, 0.15) is 16.5 Å². The van der Waals surface area contributed by atoms with E-state index in [1.807, 2.05) is 0 Å². The number of primary amides is 1. The lowest BCUT2D eigenvalue weighted by Gasteiger charge is -2.30. The summed E-state index contributed by atoms with van der Waals surface area (Å²) in [5.41, 5.74) is 5.01. The molecule has 0 aliphatic carbocycles. The van der Waals surface area contributed by atoms with E-state index in [2.05, 4.69) is 0 Å². The Morgan fingerprint density at radius 3 is 2.44 bits per heavy atom. The van der Waals surface area contributed by atoms with E-state index < -0.39 is 50.5 Å². The molecule has 10 heteroatoms. The second-order valence-electron chi connectivity index (χ2n) is 5.73. The van der Waals surface area contributed by atoms with Gasteiger partial charge in [-0.25, -0.2) is 17.2 Å². The van der Waals surface area contributed by atoms with Crippen LogP contribution in [0.15, 0.2) is 23.1 Å². The number of halogens is 2. The zero-order valence-electron chi connectivity index (χ0n) is 13.4. The Labute approximate surface area is 143 Å². The first-order valence-corrected chi connectivity index (χ1v) is 9.02. The number of nitrogens with zero attached hydrogens (tertiary/aromatic N) is 1. The fraction of sp³-hybridized carbons (Fsp3) is 0.467. The molecule has 0 saturated carbocycles. The average molecular weight is 376 g/mol. The molecule has 2 rings (SSSR count). The van der Waals surface area contributed by atoms with Crippen LogP contribution in [0, 0.1) is 17.6 Å². The van der Waals surface area contributed by atoms with Crippen LogP contribution in [0.5, 0.6) is 0 Å². The van der Waals surface area contributed by atoms with Gasteiger partial charge in [0.05, 0.1) is 5.92 Å². The van der Waals surface area contributed by atoms with Crippen molar-refractivity contribution in [3.05, 3.63) is 29.8 Å². The van der Waals surface area contributed by atoms with E-state index in [9.17, 15) is 26.8 Å². The molecule has 2 N–H and O–H groups in total. The van der Waals surface area contributed by atoms with Gasteiger partial charge in [0.15, 0.2) is 6.10 Å². The number of piperidine rings is 1. The molecule has 1 fully saturated rings. The van der Waals surface area contributed by atoms with Crippen LogP contribution in [-0.2, 0) is 24.3 Å². The molecule has 1 amide bonds. The minimum Gasteiger partial charge on any atom is -0.452 e. The van der Waals surface area contributed by atoms with Gasteiger partial charge in [0.25, 0.3) is 5.91 Å². The molecular formula is C15H18F2N2O5S. The highest BCUT2D eigenvalue weighted by molar-refractivity contribution is 7.89. The summed E-state index contributed by atoms with van der Waals surface area (Å²) >= 11 is 0. The number of hydrogen-bond acceptors (Lipinski definition) is 5. The van der Waals surface area contributed by atoms with Crippen molar-refractivity contribution in [1.29, 1.82) is 0 Å². The summed E-state index contributed by atoms with van der Waals surface area (Å²) in [6.45, 7) is 1.23. The number of hydrogen-bond donors (Lipinski definition) is 1. The number of rotatable bonds is 5. The van der Waals surface area contributed by atoms with Crippen molar-refractivity contribution in [2.45, 2.75) is 30.8 Å². The maximum Gasteiger partial charge on any atom is 0.309 e. The van der Waals surface area contributed by atoms with Crippen LogP contribution in [0.3, 0.4) is 0 Å². The molecule has 7 nitrogen and oxygen atoms in total. The van der Waals surface area contributed by atoms with Crippen molar-refractivity contribution < 1.29 is 31.5 Å². The quantitative estimate of drug-likeness (QED) is 0.765. The van der Waals surface area contributed by atoms with Crippen molar-refractivity contribution in [2.24, 2.45) is 11.7 Å². The van der Waals surface area contributed by atoms with Gasteiger partial charge in [-0.3, -0.25) is 9.59 Å². The average Bonchev–Trinajstić information content (AvgIpc) is 2.56. The largest absolute Gasteiger partial charge is 0.452 e. The molecule has 1 aromatic rings. The van der Waals surface area contributed by atoms with Crippen LogP contribution < -0.4 is 5.73 Å². The highest BCUT2D eigenvalue weighted by atomic mass is 32.2. The van der Waals surface area contributed by atoms with Crippen LogP contribution in [0.4, 0.5) is 8.78 Å². The first kappa shape index (κ1) is 19.3. The molecule has 1 aromatic carbocycles. The fourth-order valence-electron chi connectivity index (χ4n) is 2.47. The van der Waals surface area contributed by atoms with Crippen LogP contribution >= 0.6 is 0 Å². The van der Waals surface area contributed by atoms with Gasteiger partial charge in [-0.05, 0) is 38.0 Å².